The Labute approximate surface area is 151 Å². The normalized spacial score (nSPS) is 10.2. The van der Waals surface area contributed by atoms with Gasteiger partial charge in [-0.15, -0.1) is 0 Å². The van der Waals surface area contributed by atoms with Crippen LogP contribution in [0.25, 0.3) is 0 Å². The molecule has 0 aliphatic heterocycles. The Bertz CT molecular complexity index is 871. The van der Waals surface area contributed by atoms with Gasteiger partial charge in [-0.1, -0.05) is 18.2 Å². The van der Waals surface area contributed by atoms with Gasteiger partial charge in [0.25, 0.3) is 0 Å². The number of aromatic nitrogens is 3. The largest absolute Gasteiger partial charge is 0.462 e. The third-order valence-electron chi connectivity index (χ3n) is 3.51. The number of ether oxygens (including phenoxy) is 1. The van der Waals surface area contributed by atoms with Crippen molar-refractivity contribution in [1.82, 2.24) is 15.0 Å². The summed E-state index contributed by atoms with van der Waals surface area (Å²) in [6.07, 6.45) is 5.16. The highest BCUT2D eigenvalue weighted by atomic mass is 16.5. The first kappa shape index (κ1) is 17.3. The van der Waals surface area contributed by atoms with E-state index in [1.807, 2.05) is 18.2 Å². The molecule has 0 fully saturated rings. The van der Waals surface area contributed by atoms with Gasteiger partial charge in [0.1, 0.15) is 5.82 Å². The highest BCUT2D eigenvalue weighted by Gasteiger charge is 2.12. The molecule has 7 heteroatoms. The third kappa shape index (κ3) is 4.54. The van der Waals surface area contributed by atoms with Crippen LogP contribution in [-0.4, -0.2) is 27.5 Å². The lowest BCUT2D eigenvalue weighted by Crippen LogP contribution is -2.09. The molecule has 7 nitrogen and oxygen atoms in total. The number of carbonyl (C=O) groups is 1. The number of pyridine rings is 1. The van der Waals surface area contributed by atoms with E-state index < -0.39 is 0 Å². The molecule has 3 rings (SSSR count). The number of hydrogen-bond acceptors (Lipinski definition) is 7. The van der Waals surface area contributed by atoms with Crippen LogP contribution in [0.4, 0.5) is 17.5 Å². The van der Waals surface area contributed by atoms with Crippen LogP contribution >= 0.6 is 0 Å². The molecule has 2 N–H and O–H groups in total. The SMILES string of the molecule is CCOC(=O)c1ccccc1Nc1ccnc(NCc2cccnc2)n1. The summed E-state index contributed by atoms with van der Waals surface area (Å²) in [7, 11) is 0. The maximum atomic E-state index is 12.1. The molecule has 0 saturated carbocycles. The van der Waals surface area contributed by atoms with E-state index in [0.29, 0.717) is 36.2 Å². The zero-order chi connectivity index (χ0) is 18.2. The molecule has 0 radical (unpaired) electrons. The number of benzene rings is 1. The summed E-state index contributed by atoms with van der Waals surface area (Å²) < 4.78 is 5.09. The molecule has 0 spiro atoms. The van der Waals surface area contributed by atoms with Gasteiger partial charge in [-0.05, 0) is 36.8 Å². The molecule has 0 aliphatic rings. The Balaban J connectivity index is 1.72. The van der Waals surface area contributed by atoms with Crippen LogP contribution in [0.5, 0.6) is 0 Å². The minimum Gasteiger partial charge on any atom is -0.462 e. The molecule has 0 bridgehead atoms. The predicted molar refractivity (Wildman–Crippen MR) is 99.3 cm³/mol. The first-order chi connectivity index (χ1) is 12.8. The molecule has 0 amide bonds. The van der Waals surface area contributed by atoms with Crippen molar-refractivity contribution in [2.75, 3.05) is 17.2 Å². The third-order valence-corrected chi connectivity index (χ3v) is 3.51. The average molecular weight is 349 g/mol. The van der Waals surface area contributed by atoms with E-state index in [-0.39, 0.29) is 5.97 Å². The van der Waals surface area contributed by atoms with Crippen molar-refractivity contribution in [3.05, 3.63) is 72.2 Å². The zero-order valence-corrected chi connectivity index (χ0v) is 14.3. The van der Waals surface area contributed by atoms with Gasteiger partial charge in [0.2, 0.25) is 5.95 Å². The number of nitrogens with zero attached hydrogens (tertiary/aromatic N) is 3. The summed E-state index contributed by atoms with van der Waals surface area (Å²) >= 11 is 0. The number of anilines is 3. The maximum absolute atomic E-state index is 12.1. The molecule has 2 aromatic heterocycles. The van der Waals surface area contributed by atoms with E-state index in [4.69, 9.17) is 4.74 Å². The molecule has 0 saturated heterocycles. The standard InChI is InChI=1S/C19H19N5O2/c1-2-26-18(25)15-7-3-4-8-16(15)23-17-9-11-21-19(24-17)22-13-14-6-5-10-20-12-14/h3-12H,2,13H2,1H3,(H2,21,22,23,24). The van der Waals surface area contributed by atoms with E-state index in [1.54, 1.807) is 49.8 Å². The van der Waals surface area contributed by atoms with Crippen LogP contribution in [0.1, 0.15) is 22.8 Å². The minimum absolute atomic E-state index is 0.323. The lowest BCUT2D eigenvalue weighted by molar-refractivity contribution is 0.0527. The van der Waals surface area contributed by atoms with E-state index in [1.165, 1.54) is 0 Å². The topological polar surface area (TPSA) is 89.0 Å². The number of para-hydroxylation sites is 1. The van der Waals surface area contributed by atoms with Gasteiger partial charge in [-0.2, -0.15) is 4.98 Å². The lowest BCUT2D eigenvalue weighted by Gasteiger charge is -2.11. The summed E-state index contributed by atoms with van der Waals surface area (Å²) in [5.41, 5.74) is 2.11. The number of nitrogens with one attached hydrogen (secondary N) is 2. The van der Waals surface area contributed by atoms with Crippen LogP contribution in [-0.2, 0) is 11.3 Å². The van der Waals surface area contributed by atoms with Crippen LogP contribution in [0.2, 0.25) is 0 Å². The maximum Gasteiger partial charge on any atom is 0.340 e. The Morgan fingerprint density at radius 1 is 1.12 bits per heavy atom. The highest BCUT2D eigenvalue weighted by Crippen LogP contribution is 2.21. The van der Waals surface area contributed by atoms with Crippen molar-refractivity contribution in [3.63, 3.8) is 0 Å². The monoisotopic (exact) mass is 349 g/mol. The predicted octanol–water partition coefficient (Wildman–Crippen LogP) is 3.40. The second-order valence-electron chi connectivity index (χ2n) is 5.37. The van der Waals surface area contributed by atoms with Gasteiger partial charge in [-0.25, -0.2) is 9.78 Å². The van der Waals surface area contributed by atoms with Gasteiger partial charge < -0.3 is 15.4 Å². The molecule has 3 aromatic rings. The van der Waals surface area contributed by atoms with E-state index >= 15 is 0 Å². The molecular formula is C19H19N5O2. The van der Waals surface area contributed by atoms with E-state index in [9.17, 15) is 4.79 Å². The van der Waals surface area contributed by atoms with Gasteiger partial charge in [-0.3, -0.25) is 4.98 Å². The fourth-order valence-electron chi connectivity index (χ4n) is 2.31. The first-order valence-corrected chi connectivity index (χ1v) is 8.25. The number of carbonyl (C=O) groups excluding carboxylic acids is 1. The van der Waals surface area contributed by atoms with Crippen LogP contribution < -0.4 is 10.6 Å². The summed E-state index contributed by atoms with van der Waals surface area (Å²) in [6.45, 7) is 2.67. The van der Waals surface area contributed by atoms with Crippen molar-refractivity contribution in [1.29, 1.82) is 0 Å². The quantitative estimate of drug-likeness (QED) is 0.632. The second kappa shape index (κ2) is 8.57. The molecule has 26 heavy (non-hydrogen) atoms. The smallest absolute Gasteiger partial charge is 0.340 e. The van der Waals surface area contributed by atoms with Crippen molar-refractivity contribution >= 4 is 23.4 Å². The fourth-order valence-corrected chi connectivity index (χ4v) is 2.31. The molecule has 1 aromatic carbocycles. The minimum atomic E-state index is -0.375. The fraction of sp³-hybridized carbons (Fsp3) is 0.158. The number of rotatable bonds is 7. The summed E-state index contributed by atoms with van der Waals surface area (Å²) in [6, 6.07) is 12.7. The molecular weight excluding hydrogens is 330 g/mol. The van der Waals surface area contributed by atoms with Crippen LogP contribution in [0, 0.1) is 0 Å². The van der Waals surface area contributed by atoms with Crippen molar-refractivity contribution in [3.8, 4) is 0 Å². The summed E-state index contributed by atoms with van der Waals surface area (Å²) in [5.74, 6) is 0.678. The summed E-state index contributed by atoms with van der Waals surface area (Å²) in [5, 5.41) is 6.30. The molecule has 0 atom stereocenters. The van der Waals surface area contributed by atoms with E-state index in [0.717, 1.165) is 5.56 Å². The molecule has 2 heterocycles. The van der Waals surface area contributed by atoms with E-state index in [2.05, 4.69) is 25.6 Å². The van der Waals surface area contributed by atoms with Gasteiger partial charge in [0.05, 0.1) is 17.9 Å². The Morgan fingerprint density at radius 3 is 2.81 bits per heavy atom. The van der Waals surface area contributed by atoms with Crippen LogP contribution in [0.3, 0.4) is 0 Å². The van der Waals surface area contributed by atoms with Gasteiger partial charge in [0, 0.05) is 25.1 Å². The van der Waals surface area contributed by atoms with Crippen molar-refractivity contribution < 1.29 is 9.53 Å². The Kier molecular flexibility index (Phi) is 5.72. The molecule has 0 aliphatic carbocycles. The highest BCUT2D eigenvalue weighted by molar-refractivity contribution is 5.96. The Hall–Kier alpha value is -3.48. The average Bonchev–Trinajstić information content (AvgIpc) is 2.68. The van der Waals surface area contributed by atoms with Gasteiger partial charge in [0.15, 0.2) is 0 Å². The zero-order valence-electron chi connectivity index (χ0n) is 14.3. The molecule has 0 unspecified atom stereocenters. The van der Waals surface area contributed by atoms with Crippen molar-refractivity contribution in [2.45, 2.75) is 13.5 Å². The Morgan fingerprint density at radius 2 is 2.00 bits per heavy atom. The van der Waals surface area contributed by atoms with Gasteiger partial charge >= 0.3 is 5.97 Å². The molecule has 132 valence electrons. The number of hydrogen-bond donors (Lipinski definition) is 2. The van der Waals surface area contributed by atoms with Crippen molar-refractivity contribution in [2.24, 2.45) is 0 Å². The number of esters is 1. The lowest BCUT2D eigenvalue weighted by atomic mass is 10.2. The van der Waals surface area contributed by atoms with Crippen LogP contribution in [0.15, 0.2) is 61.1 Å². The second-order valence-corrected chi connectivity index (χ2v) is 5.37. The first-order valence-electron chi connectivity index (χ1n) is 8.25. The summed E-state index contributed by atoms with van der Waals surface area (Å²) in [4.78, 5) is 24.8.